The van der Waals surface area contributed by atoms with Crippen molar-refractivity contribution in [2.24, 2.45) is 0 Å². The molecule has 0 aromatic heterocycles. The molecule has 3 rings (SSSR count). The summed E-state index contributed by atoms with van der Waals surface area (Å²) in [6.45, 7) is 2.47. The van der Waals surface area contributed by atoms with E-state index in [1.165, 1.54) is 23.3 Å². The number of ether oxygens (including phenoxy) is 1. The van der Waals surface area contributed by atoms with Crippen molar-refractivity contribution in [1.29, 1.82) is 0 Å². The number of benzene rings is 2. The molecule has 1 aliphatic rings. The maximum atomic E-state index is 10.6. The van der Waals surface area contributed by atoms with Gasteiger partial charge in [-0.25, -0.2) is 0 Å². The van der Waals surface area contributed by atoms with E-state index in [0.29, 0.717) is 12.3 Å². The Hall–Kier alpha value is -2.44. The molecule has 126 valence electrons. The summed E-state index contributed by atoms with van der Waals surface area (Å²) < 4.78 is 5.51. The summed E-state index contributed by atoms with van der Waals surface area (Å²) >= 11 is 0. The van der Waals surface area contributed by atoms with Crippen LogP contribution in [-0.2, 0) is 13.0 Å². The maximum absolute atomic E-state index is 10.6. The average molecular weight is 328 g/mol. The summed E-state index contributed by atoms with van der Waals surface area (Å²) in [7, 11) is 0. The lowest BCUT2D eigenvalue weighted by molar-refractivity contribution is -0.384. The molecule has 1 aliphatic heterocycles. The summed E-state index contributed by atoms with van der Waals surface area (Å²) in [5, 5.41) is 20.8. The fraction of sp³-hybridized carbons (Fsp3) is 0.333. The molecule has 1 unspecified atom stereocenters. The van der Waals surface area contributed by atoms with Crippen molar-refractivity contribution >= 4 is 5.69 Å². The lowest BCUT2D eigenvalue weighted by Crippen LogP contribution is -2.38. The van der Waals surface area contributed by atoms with E-state index in [-0.39, 0.29) is 12.3 Å². The number of hydrogen-bond donors (Lipinski definition) is 1. The van der Waals surface area contributed by atoms with Gasteiger partial charge in [-0.1, -0.05) is 24.3 Å². The fourth-order valence-corrected chi connectivity index (χ4v) is 2.92. The summed E-state index contributed by atoms with van der Waals surface area (Å²) in [6.07, 6.45) is 0.386. The zero-order valence-corrected chi connectivity index (χ0v) is 13.3. The van der Waals surface area contributed by atoms with E-state index in [9.17, 15) is 15.2 Å². The zero-order chi connectivity index (χ0) is 16.9. The third-order valence-corrected chi connectivity index (χ3v) is 4.17. The highest BCUT2D eigenvalue weighted by Gasteiger charge is 2.18. The van der Waals surface area contributed by atoms with Crippen LogP contribution in [0.2, 0.25) is 0 Å². The first-order valence-electron chi connectivity index (χ1n) is 7.96. The van der Waals surface area contributed by atoms with Crippen molar-refractivity contribution in [3.63, 3.8) is 0 Å². The second kappa shape index (κ2) is 7.42. The van der Waals surface area contributed by atoms with Crippen LogP contribution in [0, 0.1) is 10.1 Å². The van der Waals surface area contributed by atoms with Gasteiger partial charge < -0.3 is 9.84 Å². The lowest BCUT2D eigenvalue weighted by Gasteiger charge is -2.30. The van der Waals surface area contributed by atoms with Crippen molar-refractivity contribution in [1.82, 2.24) is 4.90 Å². The molecule has 0 saturated heterocycles. The molecule has 0 saturated carbocycles. The topological polar surface area (TPSA) is 75.8 Å². The van der Waals surface area contributed by atoms with Crippen LogP contribution in [-0.4, -0.2) is 40.7 Å². The van der Waals surface area contributed by atoms with E-state index in [2.05, 4.69) is 23.1 Å². The van der Waals surface area contributed by atoms with Crippen LogP contribution in [0.4, 0.5) is 5.69 Å². The van der Waals surface area contributed by atoms with Gasteiger partial charge in [0, 0.05) is 31.8 Å². The number of nitro groups is 1. The van der Waals surface area contributed by atoms with Crippen LogP contribution < -0.4 is 4.74 Å². The van der Waals surface area contributed by atoms with Gasteiger partial charge in [0.05, 0.1) is 4.92 Å². The highest BCUT2D eigenvalue weighted by atomic mass is 16.6. The number of fused-ring (bicyclic) bond motifs is 1. The largest absolute Gasteiger partial charge is 0.491 e. The van der Waals surface area contributed by atoms with E-state index in [0.717, 1.165) is 19.5 Å². The van der Waals surface area contributed by atoms with Crippen molar-refractivity contribution in [2.75, 3.05) is 19.7 Å². The van der Waals surface area contributed by atoms with Gasteiger partial charge in [-0.3, -0.25) is 15.0 Å². The van der Waals surface area contributed by atoms with Crippen molar-refractivity contribution in [3.8, 4) is 5.75 Å². The number of aliphatic hydroxyl groups is 1. The standard InChI is InChI=1S/C18H20N2O4/c21-17(13-24-18-7-5-16(6-8-18)20(22)23)12-19-10-9-14-3-1-2-4-15(14)11-19/h1-8,17,21H,9-13H2. The van der Waals surface area contributed by atoms with Crippen molar-refractivity contribution in [3.05, 3.63) is 69.8 Å². The zero-order valence-electron chi connectivity index (χ0n) is 13.3. The molecule has 0 amide bonds. The number of hydrogen-bond acceptors (Lipinski definition) is 5. The van der Waals surface area contributed by atoms with Gasteiger partial charge in [0.25, 0.3) is 5.69 Å². The van der Waals surface area contributed by atoms with Gasteiger partial charge in [0.1, 0.15) is 18.5 Å². The highest BCUT2D eigenvalue weighted by molar-refractivity contribution is 5.36. The maximum Gasteiger partial charge on any atom is 0.269 e. The molecule has 6 nitrogen and oxygen atoms in total. The van der Waals surface area contributed by atoms with Gasteiger partial charge in [0.15, 0.2) is 0 Å². The summed E-state index contributed by atoms with van der Waals surface area (Å²) in [6, 6.07) is 14.2. The molecule has 1 heterocycles. The molecule has 1 atom stereocenters. The van der Waals surface area contributed by atoms with Crippen LogP contribution >= 0.6 is 0 Å². The molecule has 2 aromatic carbocycles. The molecule has 24 heavy (non-hydrogen) atoms. The Kier molecular flexibility index (Phi) is 5.08. The first-order chi connectivity index (χ1) is 11.6. The van der Waals surface area contributed by atoms with Gasteiger partial charge in [-0.2, -0.15) is 0 Å². The van der Waals surface area contributed by atoms with Crippen LogP contribution in [0.15, 0.2) is 48.5 Å². The molecule has 2 aromatic rings. The predicted octanol–water partition coefficient (Wildman–Crippen LogP) is 2.39. The van der Waals surface area contributed by atoms with Gasteiger partial charge in [-0.15, -0.1) is 0 Å². The second-order valence-corrected chi connectivity index (χ2v) is 5.97. The third kappa shape index (κ3) is 4.10. The van der Waals surface area contributed by atoms with E-state index in [1.807, 2.05) is 6.07 Å². The minimum atomic E-state index is -0.606. The van der Waals surface area contributed by atoms with Gasteiger partial charge >= 0.3 is 0 Å². The normalized spacial score (nSPS) is 15.5. The molecule has 6 heteroatoms. The molecule has 0 aliphatic carbocycles. The second-order valence-electron chi connectivity index (χ2n) is 5.97. The Morgan fingerprint density at radius 1 is 1.17 bits per heavy atom. The Balaban J connectivity index is 1.48. The lowest BCUT2D eigenvalue weighted by atomic mass is 10.00. The molecule has 0 bridgehead atoms. The van der Waals surface area contributed by atoms with Crippen LogP contribution in [0.5, 0.6) is 5.75 Å². The van der Waals surface area contributed by atoms with Crippen LogP contribution in [0.25, 0.3) is 0 Å². The first kappa shape index (κ1) is 16.4. The predicted molar refractivity (Wildman–Crippen MR) is 90.0 cm³/mol. The Morgan fingerprint density at radius 3 is 2.58 bits per heavy atom. The van der Waals surface area contributed by atoms with E-state index < -0.39 is 11.0 Å². The molecule has 1 N–H and O–H groups in total. The van der Waals surface area contributed by atoms with Crippen LogP contribution in [0.3, 0.4) is 0 Å². The minimum absolute atomic E-state index is 0.0230. The number of rotatable bonds is 6. The molecular formula is C18H20N2O4. The van der Waals surface area contributed by atoms with Crippen molar-refractivity contribution < 1.29 is 14.8 Å². The van der Waals surface area contributed by atoms with Crippen molar-refractivity contribution in [2.45, 2.75) is 19.1 Å². The third-order valence-electron chi connectivity index (χ3n) is 4.17. The summed E-state index contributed by atoms with van der Waals surface area (Å²) in [4.78, 5) is 12.4. The van der Waals surface area contributed by atoms with Crippen LogP contribution in [0.1, 0.15) is 11.1 Å². The molecule has 0 spiro atoms. The fourth-order valence-electron chi connectivity index (χ4n) is 2.92. The van der Waals surface area contributed by atoms with Gasteiger partial charge in [-0.05, 0) is 29.7 Å². The smallest absolute Gasteiger partial charge is 0.269 e. The molecule has 0 fully saturated rings. The SMILES string of the molecule is O=[N+]([O-])c1ccc(OCC(O)CN2CCc3ccccc3C2)cc1. The average Bonchev–Trinajstić information content (AvgIpc) is 2.60. The Bertz CT molecular complexity index is 702. The summed E-state index contributed by atoms with van der Waals surface area (Å²) in [5.74, 6) is 0.517. The number of β-amino-alcohol motifs (C(OH)–C–C–N with tert-alkyl or cyclic N) is 1. The monoisotopic (exact) mass is 328 g/mol. The molecular weight excluding hydrogens is 308 g/mol. The van der Waals surface area contributed by atoms with E-state index >= 15 is 0 Å². The highest BCUT2D eigenvalue weighted by Crippen LogP contribution is 2.19. The number of aliphatic hydroxyl groups excluding tert-OH is 1. The van der Waals surface area contributed by atoms with Gasteiger partial charge in [0.2, 0.25) is 0 Å². The first-order valence-corrected chi connectivity index (χ1v) is 7.96. The quantitative estimate of drug-likeness (QED) is 0.651. The summed E-state index contributed by atoms with van der Waals surface area (Å²) in [5.41, 5.74) is 2.72. The van der Waals surface area contributed by atoms with E-state index in [4.69, 9.17) is 4.74 Å². The minimum Gasteiger partial charge on any atom is -0.491 e. The number of non-ortho nitro benzene ring substituents is 1. The molecule has 0 radical (unpaired) electrons. The Labute approximate surface area is 140 Å². The number of nitro benzene ring substituents is 1. The number of nitrogens with zero attached hydrogens (tertiary/aromatic N) is 2. The van der Waals surface area contributed by atoms with E-state index in [1.54, 1.807) is 12.1 Å². The Morgan fingerprint density at radius 2 is 1.88 bits per heavy atom.